The maximum absolute atomic E-state index is 5.70. The summed E-state index contributed by atoms with van der Waals surface area (Å²) in [6.45, 7) is 2.17. The Morgan fingerprint density at radius 3 is 2.79 bits per heavy atom. The van der Waals surface area contributed by atoms with Crippen molar-refractivity contribution in [1.82, 2.24) is 4.90 Å². The number of fused-ring (bicyclic) bond motifs is 1. The molecule has 1 saturated carbocycles. The van der Waals surface area contributed by atoms with Crippen LogP contribution in [0.4, 0.5) is 0 Å². The number of nitrogens with two attached hydrogens (primary N) is 1. The lowest BCUT2D eigenvalue weighted by molar-refractivity contribution is 0.255. The lowest BCUT2D eigenvalue weighted by atomic mass is 9.85. The van der Waals surface area contributed by atoms with Crippen LogP contribution >= 0.6 is 0 Å². The van der Waals surface area contributed by atoms with Gasteiger partial charge in [0.2, 0.25) is 0 Å². The average Bonchev–Trinajstić information content (AvgIpc) is 2.41. The van der Waals surface area contributed by atoms with E-state index < -0.39 is 0 Å². The minimum atomic E-state index is 0.877. The molecule has 0 aromatic carbocycles. The summed E-state index contributed by atoms with van der Waals surface area (Å²) in [5.74, 6) is 1.86. The van der Waals surface area contributed by atoms with Gasteiger partial charge in [-0.05, 0) is 44.7 Å². The van der Waals surface area contributed by atoms with Crippen molar-refractivity contribution in [2.45, 2.75) is 44.6 Å². The molecule has 2 fully saturated rings. The van der Waals surface area contributed by atoms with Crippen molar-refractivity contribution >= 4 is 0 Å². The van der Waals surface area contributed by atoms with E-state index in [4.69, 9.17) is 5.73 Å². The fraction of sp³-hybridized carbons (Fsp3) is 1.00. The summed E-state index contributed by atoms with van der Waals surface area (Å²) in [5.41, 5.74) is 5.70. The molecule has 2 heteroatoms. The lowest BCUT2D eigenvalue weighted by Crippen LogP contribution is -2.28. The molecule has 82 valence electrons. The van der Waals surface area contributed by atoms with Gasteiger partial charge in [0.25, 0.3) is 0 Å². The van der Waals surface area contributed by atoms with E-state index in [0.29, 0.717) is 0 Å². The van der Waals surface area contributed by atoms with Crippen LogP contribution in [-0.2, 0) is 0 Å². The Morgan fingerprint density at radius 2 is 2.00 bits per heavy atom. The molecule has 1 heterocycles. The molecule has 0 bridgehead atoms. The third-order valence-electron chi connectivity index (χ3n) is 4.26. The molecule has 3 atom stereocenters. The normalized spacial score (nSPS) is 39.4. The highest BCUT2D eigenvalue weighted by molar-refractivity contribution is 4.92. The van der Waals surface area contributed by atoms with Crippen molar-refractivity contribution < 1.29 is 0 Å². The summed E-state index contributed by atoms with van der Waals surface area (Å²) in [6, 6.07) is 0.883. The zero-order chi connectivity index (χ0) is 9.97. The second-order valence-electron chi connectivity index (χ2n) is 5.15. The third-order valence-corrected chi connectivity index (χ3v) is 4.26. The molecule has 1 aliphatic heterocycles. The van der Waals surface area contributed by atoms with Gasteiger partial charge in [0, 0.05) is 12.6 Å². The number of rotatable bonds is 2. The molecular weight excluding hydrogens is 172 g/mol. The molecular formula is C12H24N2. The molecule has 0 spiro atoms. The van der Waals surface area contributed by atoms with Gasteiger partial charge in [-0.3, -0.25) is 0 Å². The SMILES string of the molecule is CN1CC(CCN)C2CCCCCC21. The zero-order valence-electron chi connectivity index (χ0n) is 9.41. The van der Waals surface area contributed by atoms with Crippen LogP contribution in [0.15, 0.2) is 0 Å². The highest BCUT2D eigenvalue weighted by atomic mass is 15.2. The number of likely N-dealkylation sites (tertiary alicyclic amines) is 1. The summed E-state index contributed by atoms with van der Waals surface area (Å²) in [6.07, 6.45) is 8.49. The van der Waals surface area contributed by atoms with Crippen LogP contribution in [0.25, 0.3) is 0 Å². The molecule has 0 amide bonds. The predicted octanol–water partition coefficient (Wildman–Crippen LogP) is 1.85. The zero-order valence-corrected chi connectivity index (χ0v) is 9.41. The van der Waals surface area contributed by atoms with Gasteiger partial charge in [-0.25, -0.2) is 0 Å². The van der Waals surface area contributed by atoms with E-state index >= 15 is 0 Å². The van der Waals surface area contributed by atoms with Crippen molar-refractivity contribution in [3.63, 3.8) is 0 Å². The minimum Gasteiger partial charge on any atom is -0.330 e. The van der Waals surface area contributed by atoms with Crippen LogP contribution in [-0.4, -0.2) is 31.1 Å². The van der Waals surface area contributed by atoms with Gasteiger partial charge in [0.1, 0.15) is 0 Å². The Labute approximate surface area is 87.8 Å². The van der Waals surface area contributed by atoms with E-state index in [9.17, 15) is 0 Å². The monoisotopic (exact) mass is 196 g/mol. The highest BCUT2D eigenvalue weighted by Crippen LogP contribution is 2.39. The maximum Gasteiger partial charge on any atom is 0.0124 e. The summed E-state index contributed by atoms with van der Waals surface area (Å²) in [5, 5.41) is 0. The summed E-state index contributed by atoms with van der Waals surface area (Å²) in [4.78, 5) is 2.59. The van der Waals surface area contributed by atoms with Crippen molar-refractivity contribution in [3.8, 4) is 0 Å². The Bertz CT molecular complexity index is 181. The van der Waals surface area contributed by atoms with Crippen molar-refractivity contribution in [2.75, 3.05) is 20.1 Å². The third kappa shape index (κ3) is 1.96. The summed E-state index contributed by atoms with van der Waals surface area (Å²) < 4.78 is 0. The van der Waals surface area contributed by atoms with E-state index in [-0.39, 0.29) is 0 Å². The van der Waals surface area contributed by atoms with Gasteiger partial charge in [-0.15, -0.1) is 0 Å². The first-order valence-electron chi connectivity index (χ1n) is 6.23. The van der Waals surface area contributed by atoms with Crippen LogP contribution in [0.3, 0.4) is 0 Å². The summed E-state index contributed by atoms with van der Waals surface area (Å²) >= 11 is 0. The molecule has 0 radical (unpaired) electrons. The molecule has 0 aromatic rings. The fourth-order valence-corrected chi connectivity index (χ4v) is 3.57. The van der Waals surface area contributed by atoms with Gasteiger partial charge in [0.15, 0.2) is 0 Å². The second-order valence-corrected chi connectivity index (χ2v) is 5.15. The van der Waals surface area contributed by atoms with Gasteiger partial charge >= 0.3 is 0 Å². The Kier molecular flexibility index (Phi) is 3.45. The van der Waals surface area contributed by atoms with Crippen LogP contribution in [0.2, 0.25) is 0 Å². The Morgan fingerprint density at radius 1 is 1.21 bits per heavy atom. The van der Waals surface area contributed by atoms with Crippen molar-refractivity contribution in [3.05, 3.63) is 0 Å². The van der Waals surface area contributed by atoms with Crippen LogP contribution in [0.5, 0.6) is 0 Å². The lowest BCUT2D eigenvalue weighted by Gasteiger charge is -2.23. The molecule has 1 aliphatic carbocycles. The molecule has 3 unspecified atom stereocenters. The first-order chi connectivity index (χ1) is 6.83. The van der Waals surface area contributed by atoms with Gasteiger partial charge in [-0.2, -0.15) is 0 Å². The molecule has 14 heavy (non-hydrogen) atoms. The number of nitrogens with zero attached hydrogens (tertiary/aromatic N) is 1. The Balaban J connectivity index is 2.01. The second kappa shape index (κ2) is 4.63. The van der Waals surface area contributed by atoms with E-state index in [1.807, 2.05) is 0 Å². The van der Waals surface area contributed by atoms with Gasteiger partial charge in [0.05, 0.1) is 0 Å². The number of hydrogen-bond donors (Lipinski definition) is 1. The predicted molar refractivity (Wildman–Crippen MR) is 60.2 cm³/mol. The van der Waals surface area contributed by atoms with E-state index in [2.05, 4.69) is 11.9 Å². The van der Waals surface area contributed by atoms with Crippen LogP contribution in [0, 0.1) is 11.8 Å². The maximum atomic E-state index is 5.70. The standard InChI is InChI=1S/C12H24N2/c1-14-9-10(7-8-13)11-5-3-2-4-6-12(11)14/h10-12H,2-9,13H2,1H3. The number of hydrogen-bond acceptors (Lipinski definition) is 2. The first kappa shape index (κ1) is 10.4. The molecule has 2 N–H and O–H groups in total. The van der Waals surface area contributed by atoms with Crippen molar-refractivity contribution in [1.29, 1.82) is 0 Å². The molecule has 2 rings (SSSR count). The van der Waals surface area contributed by atoms with Crippen LogP contribution < -0.4 is 5.73 Å². The topological polar surface area (TPSA) is 29.3 Å². The Hall–Kier alpha value is -0.0800. The molecule has 0 aromatic heterocycles. The van der Waals surface area contributed by atoms with Crippen LogP contribution in [0.1, 0.15) is 38.5 Å². The van der Waals surface area contributed by atoms with E-state index in [1.165, 1.54) is 45.1 Å². The first-order valence-corrected chi connectivity index (χ1v) is 6.23. The fourth-order valence-electron chi connectivity index (χ4n) is 3.57. The summed E-state index contributed by atoms with van der Waals surface area (Å²) in [7, 11) is 2.31. The van der Waals surface area contributed by atoms with E-state index in [1.54, 1.807) is 0 Å². The largest absolute Gasteiger partial charge is 0.330 e. The molecule has 2 nitrogen and oxygen atoms in total. The minimum absolute atomic E-state index is 0.877. The average molecular weight is 196 g/mol. The van der Waals surface area contributed by atoms with Gasteiger partial charge < -0.3 is 10.6 Å². The van der Waals surface area contributed by atoms with Gasteiger partial charge in [-0.1, -0.05) is 19.3 Å². The molecule has 1 saturated heterocycles. The smallest absolute Gasteiger partial charge is 0.0124 e. The highest BCUT2D eigenvalue weighted by Gasteiger charge is 2.39. The van der Waals surface area contributed by atoms with Crippen molar-refractivity contribution in [2.24, 2.45) is 17.6 Å². The molecule has 2 aliphatic rings. The van der Waals surface area contributed by atoms with E-state index in [0.717, 1.165) is 24.4 Å². The quantitative estimate of drug-likeness (QED) is 0.730.